The second-order valence-corrected chi connectivity index (χ2v) is 6.08. The largest absolute Gasteiger partial charge is 0.367 e. The third kappa shape index (κ3) is 2.74. The van der Waals surface area contributed by atoms with E-state index in [1.807, 2.05) is 14.0 Å². The number of aromatic nitrogens is 2. The molecular formula is C15H25N3O2. The van der Waals surface area contributed by atoms with Gasteiger partial charge < -0.3 is 14.6 Å². The van der Waals surface area contributed by atoms with Gasteiger partial charge in [0.25, 0.3) is 0 Å². The van der Waals surface area contributed by atoms with Crippen molar-refractivity contribution in [2.24, 2.45) is 5.92 Å². The van der Waals surface area contributed by atoms with E-state index in [-0.39, 0.29) is 5.60 Å². The highest BCUT2D eigenvalue weighted by molar-refractivity contribution is 5.05. The van der Waals surface area contributed by atoms with Gasteiger partial charge in [-0.3, -0.25) is 0 Å². The third-order valence-electron chi connectivity index (χ3n) is 4.66. The van der Waals surface area contributed by atoms with E-state index >= 15 is 0 Å². The minimum Gasteiger partial charge on any atom is -0.367 e. The summed E-state index contributed by atoms with van der Waals surface area (Å²) in [5, 5.41) is 7.58. The van der Waals surface area contributed by atoms with E-state index in [0.717, 1.165) is 36.9 Å². The van der Waals surface area contributed by atoms with Crippen molar-refractivity contribution in [2.75, 3.05) is 13.7 Å². The van der Waals surface area contributed by atoms with Crippen LogP contribution in [0.1, 0.15) is 57.2 Å². The molecule has 1 heterocycles. The average Bonchev–Trinajstić information content (AvgIpc) is 3.00. The highest BCUT2D eigenvalue weighted by Gasteiger charge is 2.41. The van der Waals surface area contributed by atoms with Crippen LogP contribution < -0.4 is 5.32 Å². The van der Waals surface area contributed by atoms with E-state index in [9.17, 15) is 0 Å². The van der Waals surface area contributed by atoms with Crippen LogP contribution in [0.25, 0.3) is 0 Å². The van der Waals surface area contributed by atoms with Crippen molar-refractivity contribution < 1.29 is 9.26 Å². The fourth-order valence-electron chi connectivity index (χ4n) is 3.37. The van der Waals surface area contributed by atoms with Gasteiger partial charge in [0, 0.05) is 19.1 Å². The van der Waals surface area contributed by atoms with E-state index in [2.05, 4.69) is 15.5 Å². The summed E-state index contributed by atoms with van der Waals surface area (Å²) in [6.45, 7) is 2.73. The van der Waals surface area contributed by atoms with Crippen LogP contribution >= 0.6 is 0 Å². The number of hydrogen-bond acceptors (Lipinski definition) is 5. The predicted molar refractivity (Wildman–Crippen MR) is 75.3 cm³/mol. The molecular weight excluding hydrogens is 254 g/mol. The van der Waals surface area contributed by atoms with Crippen LogP contribution in [0, 0.1) is 5.92 Å². The second kappa shape index (κ2) is 5.82. The number of rotatable bonds is 7. The Kier molecular flexibility index (Phi) is 4.08. The monoisotopic (exact) mass is 279 g/mol. The number of nitrogens with one attached hydrogen (secondary N) is 1. The molecule has 0 aromatic carbocycles. The summed E-state index contributed by atoms with van der Waals surface area (Å²) < 4.78 is 11.5. The number of ether oxygens (including phenoxy) is 1. The molecule has 5 nitrogen and oxygen atoms in total. The van der Waals surface area contributed by atoms with Crippen molar-refractivity contribution in [3.05, 3.63) is 11.7 Å². The molecule has 0 bridgehead atoms. The summed E-state index contributed by atoms with van der Waals surface area (Å²) in [6.07, 6.45) is 7.85. The molecule has 2 aliphatic rings. The van der Waals surface area contributed by atoms with Crippen molar-refractivity contribution in [1.29, 1.82) is 0 Å². The molecule has 0 saturated heterocycles. The van der Waals surface area contributed by atoms with E-state index in [4.69, 9.17) is 9.26 Å². The lowest BCUT2D eigenvalue weighted by Crippen LogP contribution is -2.30. The molecule has 2 fully saturated rings. The van der Waals surface area contributed by atoms with E-state index < -0.39 is 0 Å². The van der Waals surface area contributed by atoms with Gasteiger partial charge in [0.05, 0.1) is 0 Å². The molecule has 112 valence electrons. The Labute approximate surface area is 120 Å². The molecule has 2 saturated carbocycles. The highest BCUT2D eigenvalue weighted by atomic mass is 16.5. The third-order valence-corrected chi connectivity index (χ3v) is 4.66. The zero-order valence-corrected chi connectivity index (χ0v) is 12.5. The molecule has 2 aliphatic carbocycles. The molecule has 5 heteroatoms. The Morgan fingerprint density at radius 2 is 2.15 bits per heavy atom. The summed E-state index contributed by atoms with van der Waals surface area (Å²) >= 11 is 0. The number of nitrogens with zero attached hydrogens (tertiary/aromatic N) is 2. The minimum atomic E-state index is -0.286. The lowest BCUT2D eigenvalue weighted by Gasteiger charge is -2.24. The van der Waals surface area contributed by atoms with Crippen LogP contribution in [0.3, 0.4) is 0 Å². The SMILES string of the molecule is CCOC1(c2noc(CC(NC)C3CC3)n2)CCCC1. The first-order valence-corrected chi connectivity index (χ1v) is 7.91. The summed E-state index contributed by atoms with van der Waals surface area (Å²) in [5.74, 6) is 2.29. The van der Waals surface area contributed by atoms with Crippen LogP contribution in [0.15, 0.2) is 4.52 Å². The normalized spacial score (nSPS) is 23.1. The molecule has 3 rings (SSSR count). The molecule has 1 atom stereocenters. The van der Waals surface area contributed by atoms with Crippen LogP contribution in [0.2, 0.25) is 0 Å². The first-order valence-electron chi connectivity index (χ1n) is 7.91. The fraction of sp³-hybridized carbons (Fsp3) is 0.867. The van der Waals surface area contributed by atoms with Gasteiger partial charge >= 0.3 is 0 Å². The summed E-state index contributed by atoms with van der Waals surface area (Å²) in [6, 6.07) is 0.468. The van der Waals surface area contributed by atoms with Crippen LogP contribution in [0.5, 0.6) is 0 Å². The average molecular weight is 279 g/mol. The van der Waals surface area contributed by atoms with Crippen LogP contribution in [0.4, 0.5) is 0 Å². The Balaban J connectivity index is 1.71. The van der Waals surface area contributed by atoms with Gasteiger partial charge in [-0.2, -0.15) is 4.98 Å². The predicted octanol–water partition coefficient (Wildman–Crippen LogP) is 2.42. The minimum absolute atomic E-state index is 0.286. The Hall–Kier alpha value is -0.940. The maximum absolute atomic E-state index is 5.98. The quantitative estimate of drug-likeness (QED) is 0.830. The van der Waals surface area contributed by atoms with Crippen molar-refractivity contribution >= 4 is 0 Å². The molecule has 1 N–H and O–H groups in total. The van der Waals surface area contributed by atoms with Crippen LogP contribution in [-0.2, 0) is 16.8 Å². The molecule has 20 heavy (non-hydrogen) atoms. The Morgan fingerprint density at radius 3 is 2.75 bits per heavy atom. The second-order valence-electron chi connectivity index (χ2n) is 6.08. The van der Waals surface area contributed by atoms with Gasteiger partial charge in [-0.05, 0) is 58.4 Å². The Morgan fingerprint density at radius 1 is 1.40 bits per heavy atom. The molecule has 0 spiro atoms. The van der Waals surface area contributed by atoms with Crippen molar-refractivity contribution in [3.8, 4) is 0 Å². The van der Waals surface area contributed by atoms with Gasteiger partial charge in [0.15, 0.2) is 0 Å². The zero-order chi connectivity index (χ0) is 14.0. The van der Waals surface area contributed by atoms with Crippen molar-refractivity contribution in [1.82, 2.24) is 15.5 Å². The van der Waals surface area contributed by atoms with Gasteiger partial charge in [-0.25, -0.2) is 0 Å². The maximum Gasteiger partial charge on any atom is 0.228 e. The smallest absolute Gasteiger partial charge is 0.228 e. The van der Waals surface area contributed by atoms with Crippen molar-refractivity contribution in [2.45, 2.75) is 63.5 Å². The van der Waals surface area contributed by atoms with Gasteiger partial charge in [-0.1, -0.05) is 5.16 Å². The molecule has 0 radical (unpaired) electrons. The van der Waals surface area contributed by atoms with Gasteiger partial charge in [0.2, 0.25) is 11.7 Å². The summed E-state index contributed by atoms with van der Waals surface area (Å²) in [7, 11) is 2.01. The van der Waals surface area contributed by atoms with Gasteiger partial charge in [0.1, 0.15) is 5.60 Å². The molecule has 1 unspecified atom stereocenters. The first-order chi connectivity index (χ1) is 9.77. The molecule has 0 aliphatic heterocycles. The zero-order valence-electron chi connectivity index (χ0n) is 12.5. The Bertz CT molecular complexity index is 436. The van der Waals surface area contributed by atoms with E-state index in [0.29, 0.717) is 12.6 Å². The van der Waals surface area contributed by atoms with Crippen molar-refractivity contribution in [3.63, 3.8) is 0 Å². The lowest BCUT2D eigenvalue weighted by molar-refractivity contribution is -0.0469. The van der Waals surface area contributed by atoms with E-state index in [1.165, 1.54) is 25.7 Å². The number of likely N-dealkylation sites (N-methyl/N-ethyl adjacent to an activating group) is 1. The lowest BCUT2D eigenvalue weighted by atomic mass is 10.0. The van der Waals surface area contributed by atoms with Gasteiger partial charge in [-0.15, -0.1) is 0 Å². The number of hydrogen-bond donors (Lipinski definition) is 1. The summed E-state index contributed by atoms with van der Waals surface area (Å²) in [4.78, 5) is 4.64. The highest BCUT2D eigenvalue weighted by Crippen LogP contribution is 2.41. The molecule has 0 amide bonds. The van der Waals surface area contributed by atoms with E-state index in [1.54, 1.807) is 0 Å². The topological polar surface area (TPSA) is 60.2 Å². The molecule has 1 aromatic heterocycles. The molecule has 1 aromatic rings. The standard InChI is InChI=1S/C15H25N3O2/c1-3-19-15(8-4-5-9-15)14-17-13(20-18-14)10-12(16-2)11-6-7-11/h11-12,16H,3-10H2,1-2H3. The first kappa shape index (κ1) is 14.0. The maximum atomic E-state index is 5.98. The fourth-order valence-corrected chi connectivity index (χ4v) is 3.37. The van der Waals surface area contributed by atoms with Crippen LogP contribution in [-0.4, -0.2) is 29.8 Å². The summed E-state index contributed by atoms with van der Waals surface area (Å²) in [5.41, 5.74) is -0.286.